The molecule has 25 heavy (non-hydrogen) atoms. The van der Waals surface area contributed by atoms with Gasteiger partial charge in [0.15, 0.2) is 0 Å². The van der Waals surface area contributed by atoms with Crippen LogP contribution in [0.3, 0.4) is 0 Å². The first-order valence-electron chi connectivity index (χ1n) is 8.25. The van der Waals surface area contributed by atoms with E-state index in [2.05, 4.69) is 47.0 Å². The number of ether oxygens (including phenoxy) is 1. The molecular weight excluding hydrogens is 332 g/mol. The maximum absolute atomic E-state index is 6.25. The number of nitrogens with one attached hydrogen (secondary N) is 2. The average Bonchev–Trinajstić information content (AvgIpc) is 2.68. The van der Waals surface area contributed by atoms with Gasteiger partial charge in [0.25, 0.3) is 0 Å². The molecule has 0 radical (unpaired) electrons. The molecule has 3 nitrogen and oxygen atoms in total. The predicted molar refractivity (Wildman–Crippen MR) is 102 cm³/mol. The molecule has 0 unspecified atom stereocenters. The Hall–Kier alpha value is -2.49. The molecule has 3 aromatic rings. The quantitative estimate of drug-likeness (QED) is 0.685. The van der Waals surface area contributed by atoms with E-state index >= 15 is 0 Å². The van der Waals surface area contributed by atoms with Crippen LogP contribution in [-0.2, 0) is 0 Å². The molecule has 0 spiro atoms. The second-order valence-electron chi connectivity index (χ2n) is 6.09. The molecular formula is C21H19ClN2O. The highest BCUT2D eigenvalue weighted by Gasteiger charge is 2.27. The fraction of sp³-hybridized carbons (Fsp3) is 0.143. The zero-order valence-electron chi connectivity index (χ0n) is 13.9. The van der Waals surface area contributed by atoms with Crippen molar-refractivity contribution in [2.75, 3.05) is 12.4 Å². The van der Waals surface area contributed by atoms with E-state index in [1.54, 1.807) is 7.11 Å². The lowest BCUT2D eigenvalue weighted by atomic mass is 9.93. The van der Waals surface area contributed by atoms with Crippen molar-refractivity contribution in [3.8, 4) is 5.75 Å². The third kappa shape index (κ3) is 3.21. The summed E-state index contributed by atoms with van der Waals surface area (Å²) in [6.45, 7) is 0. The summed E-state index contributed by atoms with van der Waals surface area (Å²) < 4.78 is 5.26. The highest BCUT2D eigenvalue weighted by molar-refractivity contribution is 6.30. The third-order valence-corrected chi connectivity index (χ3v) is 4.77. The fourth-order valence-corrected chi connectivity index (χ4v) is 3.44. The second-order valence-corrected chi connectivity index (χ2v) is 6.53. The number of benzene rings is 3. The van der Waals surface area contributed by atoms with Gasteiger partial charge < -0.3 is 10.1 Å². The topological polar surface area (TPSA) is 33.3 Å². The van der Waals surface area contributed by atoms with Gasteiger partial charge in [-0.05, 0) is 47.0 Å². The molecule has 4 rings (SSSR count). The Bertz CT molecular complexity index is 865. The molecule has 1 aliphatic rings. The lowest BCUT2D eigenvalue weighted by molar-refractivity contribution is 0.414. The van der Waals surface area contributed by atoms with Crippen LogP contribution >= 0.6 is 11.6 Å². The molecule has 2 N–H and O–H groups in total. The van der Waals surface area contributed by atoms with Crippen LogP contribution in [0.5, 0.6) is 5.75 Å². The van der Waals surface area contributed by atoms with E-state index in [-0.39, 0.29) is 12.2 Å². The van der Waals surface area contributed by atoms with Crippen molar-refractivity contribution in [1.82, 2.24) is 5.32 Å². The highest BCUT2D eigenvalue weighted by atomic mass is 35.5. The Labute approximate surface area is 152 Å². The van der Waals surface area contributed by atoms with Crippen LogP contribution in [0.15, 0.2) is 72.8 Å². The first kappa shape index (κ1) is 16.0. The van der Waals surface area contributed by atoms with Crippen molar-refractivity contribution in [3.05, 3.63) is 94.5 Å². The maximum atomic E-state index is 6.25. The summed E-state index contributed by atoms with van der Waals surface area (Å²) >= 11 is 6.25. The molecule has 0 amide bonds. The standard InChI is InChI=1S/C21H19ClN2O/c1-25-17-10-7-15(8-11-17)21-23-19-12-9-16(22)13-18(19)20(24-21)14-5-3-2-4-6-14/h2-13,20-21,23-24H,1H3/t20-,21+/m0/s1. The van der Waals surface area contributed by atoms with Crippen molar-refractivity contribution in [3.63, 3.8) is 0 Å². The fourth-order valence-electron chi connectivity index (χ4n) is 3.25. The summed E-state index contributed by atoms with van der Waals surface area (Å²) in [7, 11) is 1.68. The van der Waals surface area contributed by atoms with Crippen LogP contribution in [0, 0.1) is 0 Å². The molecule has 0 aliphatic carbocycles. The minimum Gasteiger partial charge on any atom is -0.497 e. The van der Waals surface area contributed by atoms with Crippen LogP contribution < -0.4 is 15.4 Å². The highest BCUT2D eigenvalue weighted by Crippen LogP contribution is 2.38. The Morgan fingerprint density at radius 2 is 1.64 bits per heavy atom. The zero-order valence-corrected chi connectivity index (χ0v) is 14.6. The van der Waals surface area contributed by atoms with E-state index in [4.69, 9.17) is 16.3 Å². The molecule has 0 fully saturated rings. The second kappa shape index (κ2) is 6.79. The van der Waals surface area contributed by atoms with Crippen molar-refractivity contribution >= 4 is 17.3 Å². The zero-order chi connectivity index (χ0) is 17.2. The number of rotatable bonds is 3. The van der Waals surface area contributed by atoms with E-state index in [1.807, 2.05) is 36.4 Å². The van der Waals surface area contributed by atoms with Gasteiger partial charge in [0.05, 0.1) is 13.2 Å². The normalized spacial score (nSPS) is 19.0. The SMILES string of the molecule is COc1ccc([C@@H]2Nc3ccc(Cl)cc3[C@H](c3ccccc3)N2)cc1. The van der Waals surface area contributed by atoms with Gasteiger partial charge >= 0.3 is 0 Å². The van der Waals surface area contributed by atoms with Gasteiger partial charge in [0.2, 0.25) is 0 Å². The minimum absolute atomic E-state index is 0.00443. The van der Waals surface area contributed by atoms with Crippen LogP contribution in [0.25, 0.3) is 0 Å². The molecule has 4 heteroatoms. The Balaban J connectivity index is 1.74. The minimum atomic E-state index is 0.00443. The lowest BCUT2D eigenvalue weighted by Gasteiger charge is -2.35. The summed E-state index contributed by atoms with van der Waals surface area (Å²) in [6, 6.07) is 24.6. The molecule has 2 atom stereocenters. The number of anilines is 1. The number of methoxy groups -OCH3 is 1. The summed E-state index contributed by atoms with van der Waals surface area (Å²) in [5, 5.41) is 8.01. The summed E-state index contributed by atoms with van der Waals surface area (Å²) in [6.07, 6.45) is 0.00443. The summed E-state index contributed by atoms with van der Waals surface area (Å²) in [5.41, 5.74) is 4.62. The molecule has 0 saturated heterocycles. The van der Waals surface area contributed by atoms with Crippen molar-refractivity contribution in [2.45, 2.75) is 12.2 Å². The Morgan fingerprint density at radius 1 is 0.880 bits per heavy atom. The van der Waals surface area contributed by atoms with Gasteiger partial charge in [-0.15, -0.1) is 0 Å². The molecule has 0 saturated carbocycles. The van der Waals surface area contributed by atoms with Crippen molar-refractivity contribution in [1.29, 1.82) is 0 Å². The third-order valence-electron chi connectivity index (χ3n) is 4.54. The molecule has 1 aliphatic heterocycles. The molecule has 0 aromatic heterocycles. The number of halogens is 1. The van der Waals surface area contributed by atoms with Gasteiger partial charge in [0.1, 0.15) is 11.9 Å². The number of hydrogen-bond acceptors (Lipinski definition) is 3. The molecule has 1 heterocycles. The van der Waals surface area contributed by atoms with Crippen LogP contribution in [-0.4, -0.2) is 7.11 Å². The van der Waals surface area contributed by atoms with E-state index in [0.29, 0.717) is 0 Å². The van der Waals surface area contributed by atoms with Crippen LogP contribution in [0.1, 0.15) is 28.9 Å². The average molecular weight is 351 g/mol. The molecule has 126 valence electrons. The van der Waals surface area contributed by atoms with Gasteiger partial charge in [-0.1, -0.05) is 54.1 Å². The number of hydrogen-bond donors (Lipinski definition) is 2. The Morgan fingerprint density at radius 3 is 2.36 bits per heavy atom. The first-order chi connectivity index (χ1) is 12.2. The summed E-state index contributed by atoms with van der Waals surface area (Å²) in [5.74, 6) is 0.853. The molecule has 3 aromatic carbocycles. The largest absolute Gasteiger partial charge is 0.497 e. The maximum Gasteiger partial charge on any atom is 0.118 e. The Kier molecular flexibility index (Phi) is 4.35. The van der Waals surface area contributed by atoms with Gasteiger partial charge in [-0.3, -0.25) is 5.32 Å². The van der Waals surface area contributed by atoms with Gasteiger partial charge in [0, 0.05) is 10.7 Å². The monoisotopic (exact) mass is 350 g/mol. The van der Waals surface area contributed by atoms with E-state index in [1.165, 1.54) is 5.56 Å². The lowest BCUT2D eigenvalue weighted by Crippen LogP contribution is -2.37. The van der Waals surface area contributed by atoms with Crippen LogP contribution in [0.4, 0.5) is 5.69 Å². The van der Waals surface area contributed by atoms with Gasteiger partial charge in [-0.25, -0.2) is 0 Å². The predicted octanol–water partition coefficient (Wildman–Crippen LogP) is 5.15. The van der Waals surface area contributed by atoms with Crippen molar-refractivity contribution < 1.29 is 4.74 Å². The van der Waals surface area contributed by atoms with Crippen LogP contribution in [0.2, 0.25) is 5.02 Å². The van der Waals surface area contributed by atoms with Crippen molar-refractivity contribution in [2.24, 2.45) is 0 Å². The summed E-state index contributed by atoms with van der Waals surface area (Å²) in [4.78, 5) is 0. The smallest absolute Gasteiger partial charge is 0.118 e. The van der Waals surface area contributed by atoms with E-state index < -0.39 is 0 Å². The molecule has 0 bridgehead atoms. The van der Waals surface area contributed by atoms with E-state index in [9.17, 15) is 0 Å². The van der Waals surface area contributed by atoms with E-state index in [0.717, 1.165) is 27.6 Å². The van der Waals surface area contributed by atoms with Gasteiger partial charge in [-0.2, -0.15) is 0 Å². The number of fused-ring (bicyclic) bond motifs is 1. The first-order valence-corrected chi connectivity index (χ1v) is 8.63.